The summed E-state index contributed by atoms with van der Waals surface area (Å²) >= 11 is 0. The summed E-state index contributed by atoms with van der Waals surface area (Å²) in [4.78, 5) is 0. The van der Waals surface area contributed by atoms with Gasteiger partial charge < -0.3 is 12.4 Å². The van der Waals surface area contributed by atoms with Crippen LogP contribution in [0.1, 0.15) is 117 Å². The Labute approximate surface area is 189 Å². The maximum Gasteiger partial charge on any atom is 0.132 e. The number of quaternary nitrogens is 1. The Morgan fingerprint density at radius 3 is 1.41 bits per heavy atom. The Balaban J connectivity index is 0.00000784. The molecule has 29 heavy (non-hydrogen) atoms. The van der Waals surface area contributed by atoms with Gasteiger partial charge in [0, 0.05) is 0 Å². The molecule has 0 spiro atoms. The molecular weight excluding hydrogens is 374 g/mol. The van der Waals surface area contributed by atoms with Crippen molar-refractivity contribution in [3.05, 3.63) is 30.3 Å². The van der Waals surface area contributed by atoms with Gasteiger partial charge in [-0.3, -0.25) is 4.48 Å². The first-order chi connectivity index (χ1) is 13.6. The molecule has 1 aromatic rings. The van der Waals surface area contributed by atoms with Crippen LogP contribution in [0.3, 0.4) is 0 Å². The topological polar surface area (TPSA) is 0 Å². The number of unbranched alkanes of at least 4 members (excludes halogenated alkanes) is 14. The largest absolute Gasteiger partial charge is 1.00 e. The minimum absolute atomic E-state index is 0. The highest BCUT2D eigenvalue weighted by atomic mass is 35.5. The molecule has 1 rings (SSSR count). The van der Waals surface area contributed by atoms with Crippen LogP contribution in [0.25, 0.3) is 0 Å². The molecule has 0 saturated carbocycles. The van der Waals surface area contributed by atoms with Gasteiger partial charge in [-0.25, -0.2) is 0 Å². The molecule has 0 bridgehead atoms. The van der Waals surface area contributed by atoms with Crippen molar-refractivity contribution >= 4 is 5.69 Å². The Morgan fingerprint density at radius 2 is 1.00 bits per heavy atom. The Kier molecular flexibility index (Phi) is 17.9. The average Bonchev–Trinajstić information content (AvgIpc) is 2.71. The lowest BCUT2D eigenvalue weighted by Gasteiger charge is -2.35. The van der Waals surface area contributed by atoms with E-state index in [-0.39, 0.29) is 12.4 Å². The molecule has 0 N–H and O–H groups in total. The van der Waals surface area contributed by atoms with E-state index < -0.39 is 0 Å². The van der Waals surface area contributed by atoms with Crippen LogP contribution in [0.2, 0.25) is 0 Å². The fourth-order valence-corrected chi connectivity index (χ4v) is 4.20. The third-order valence-corrected chi connectivity index (χ3v) is 6.75. The number of para-hydroxylation sites is 1. The third-order valence-electron chi connectivity index (χ3n) is 6.75. The normalized spacial score (nSPS) is 12.6. The lowest BCUT2D eigenvalue weighted by molar-refractivity contribution is -0.00000624. The molecule has 0 saturated heterocycles. The van der Waals surface area contributed by atoms with Crippen LogP contribution >= 0.6 is 0 Å². The van der Waals surface area contributed by atoms with Gasteiger partial charge in [0.2, 0.25) is 0 Å². The van der Waals surface area contributed by atoms with Gasteiger partial charge in [-0.1, -0.05) is 115 Å². The highest BCUT2D eigenvalue weighted by Gasteiger charge is 2.25. The van der Waals surface area contributed by atoms with Crippen molar-refractivity contribution in [2.75, 3.05) is 14.1 Å². The van der Waals surface area contributed by atoms with Crippen molar-refractivity contribution in [2.24, 2.45) is 0 Å². The second kappa shape index (κ2) is 18.3. The highest BCUT2D eigenvalue weighted by Crippen LogP contribution is 2.24. The summed E-state index contributed by atoms with van der Waals surface area (Å²) in [6.07, 6.45) is 23.0. The van der Waals surface area contributed by atoms with Crippen molar-refractivity contribution in [2.45, 2.75) is 123 Å². The van der Waals surface area contributed by atoms with Crippen LogP contribution in [-0.2, 0) is 0 Å². The van der Waals surface area contributed by atoms with Crippen LogP contribution < -0.4 is 16.9 Å². The predicted octanol–water partition coefficient (Wildman–Crippen LogP) is 5.91. The van der Waals surface area contributed by atoms with Gasteiger partial charge in [0.15, 0.2) is 0 Å². The van der Waals surface area contributed by atoms with Gasteiger partial charge >= 0.3 is 0 Å². The number of nitrogens with zero attached hydrogens (tertiary/aromatic N) is 1. The summed E-state index contributed by atoms with van der Waals surface area (Å²) in [5, 5.41) is 0. The average molecular weight is 424 g/mol. The third kappa shape index (κ3) is 13.4. The zero-order chi connectivity index (χ0) is 20.5. The lowest BCUT2D eigenvalue weighted by atomic mass is 10.0. The van der Waals surface area contributed by atoms with Crippen LogP contribution in [0.15, 0.2) is 30.3 Å². The van der Waals surface area contributed by atoms with Gasteiger partial charge in [0.1, 0.15) is 5.69 Å². The van der Waals surface area contributed by atoms with Crippen molar-refractivity contribution in [1.29, 1.82) is 0 Å². The molecule has 1 aromatic carbocycles. The SMILES string of the molecule is CCCCCCCCCCCCCCCCCC(C)[N+](C)(C)c1ccccc1.[Cl-]. The van der Waals surface area contributed by atoms with Gasteiger partial charge in [-0.15, -0.1) is 0 Å². The predicted molar refractivity (Wildman–Crippen MR) is 129 cm³/mol. The second-order valence-electron chi connectivity index (χ2n) is 9.46. The molecule has 0 radical (unpaired) electrons. The molecule has 0 aromatic heterocycles. The van der Waals surface area contributed by atoms with Crippen molar-refractivity contribution in [1.82, 2.24) is 4.48 Å². The quantitative estimate of drug-likeness (QED) is 0.203. The van der Waals surface area contributed by atoms with E-state index in [1.807, 2.05) is 0 Å². The highest BCUT2D eigenvalue weighted by molar-refractivity contribution is 5.41. The minimum Gasteiger partial charge on any atom is -1.00 e. The van der Waals surface area contributed by atoms with Gasteiger partial charge in [0.05, 0.1) is 20.1 Å². The maximum absolute atomic E-state index is 2.41. The van der Waals surface area contributed by atoms with Crippen molar-refractivity contribution in [3.63, 3.8) is 0 Å². The number of hydrogen-bond donors (Lipinski definition) is 0. The standard InChI is InChI=1S/C27H50N.ClH/c1-5-6-7-8-9-10-11-12-13-14-15-16-17-18-20-23-26(2)28(3,4)27-24-21-19-22-25-27;/h19,21-22,24-26H,5-18,20,23H2,1-4H3;1H/q+1;/p-1. The number of halogens is 1. The summed E-state index contributed by atoms with van der Waals surface area (Å²) in [6.45, 7) is 4.71. The second-order valence-corrected chi connectivity index (χ2v) is 9.46. The zero-order valence-corrected chi connectivity index (χ0v) is 20.9. The summed E-state index contributed by atoms with van der Waals surface area (Å²) in [5.41, 5.74) is 1.43. The number of benzene rings is 1. The molecular formula is C27H50ClN. The fourth-order valence-electron chi connectivity index (χ4n) is 4.20. The van der Waals surface area contributed by atoms with E-state index >= 15 is 0 Å². The first kappa shape index (κ1) is 28.5. The van der Waals surface area contributed by atoms with Crippen molar-refractivity contribution in [3.8, 4) is 0 Å². The van der Waals surface area contributed by atoms with Gasteiger partial charge in [0.25, 0.3) is 0 Å². The number of rotatable bonds is 18. The molecule has 0 aliphatic rings. The van der Waals surface area contributed by atoms with E-state index in [0.29, 0.717) is 6.04 Å². The summed E-state index contributed by atoms with van der Waals surface area (Å²) in [6, 6.07) is 11.7. The Morgan fingerprint density at radius 1 is 0.621 bits per heavy atom. The van der Waals surface area contributed by atoms with Crippen LogP contribution in [0, 0.1) is 0 Å². The van der Waals surface area contributed by atoms with E-state index in [2.05, 4.69) is 58.3 Å². The fraction of sp³-hybridized carbons (Fsp3) is 0.778. The number of hydrogen-bond acceptors (Lipinski definition) is 0. The molecule has 1 atom stereocenters. The molecule has 2 heteroatoms. The van der Waals surface area contributed by atoms with Crippen LogP contribution in [-0.4, -0.2) is 20.1 Å². The van der Waals surface area contributed by atoms with E-state index in [4.69, 9.17) is 0 Å². The molecule has 0 aliphatic carbocycles. The van der Waals surface area contributed by atoms with E-state index in [0.717, 1.165) is 4.48 Å². The molecule has 1 nitrogen and oxygen atoms in total. The lowest BCUT2D eigenvalue weighted by Crippen LogP contribution is -3.00. The smallest absolute Gasteiger partial charge is 0.132 e. The van der Waals surface area contributed by atoms with E-state index in [1.165, 1.54) is 108 Å². The van der Waals surface area contributed by atoms with Gasteiger partial charge in [-0.2, -0.15) is 0 Å². The Bertz CT molecular complexity index is 457. The molecule has 0 amide bonds. The summed E-state index contributed by atoms with van der Waals surface area (Å²) in [5.74, 6) is 0. The maximum atomic E-state index is 2.41. The molecule has 1 unspecified atom stereocenters. The minimum atomic E-state index is 0. The molecule has 0 heterocycles. The molecule has 0 fully saturated rings. The molecule has 0 aliphatic heterocycles. The monoisotopic (exact) mass is 423 g/mol. The first-order valence-electron chi connectivity index (χ1n) is 12.5. The van der Waals surface area contributed by atoms with Gasteiger partial charge in [-0.05, 0) is 31.9 Å². The van der Waals surface area contributed by atoms with Crippen LogP contribution in [0.5, 0.6) is 0 Å². The summed E-state index contributed by atoms with van der Waals surface area (Å²) in [7, 11) is 4.70. The Hall–Kier alpha value is -0.530. The van der Waals surface area contributed by atoms with Crippen molar-refractivity contribution < 1.29 is 12.4 Å². The van der Waals surface area contributed by atoms with Crippen LogP contribution in [0.4, 0.5) is 5.69 Å². The zero-order valence-electron chi connectivity index (χ0n) is 20.1. The first-order valence-corrected chi connectivity index (χ1v) is 12.5. The summed E-state index contributed by atoms with van der Waals surface area (Å²) < 4.78 is 0.999. The van der Waals surface area contributed by atoms with E-state index in [9.17, 15) is 0 Å². The van der Waals surface area contributed by atoms with E-state index in [1.54, 1.807) is 0 Å². The molecule has 170 valence electrons.